The first-order chi connectivity index (χ1) is 10.4. The molecule has 0 amide bonds. The zero-order valence-corrected chi connectivity index (χ0v) is 13.2. The number of nitrogens with one attached hydrogen (secondary N) is 1. The molecule has 0 spiro atoms. The molecule has 1 N–H and O–H groups in total. The van der Waals surface area contributed by atoms with Crippen LogP contribution < -0.4 is 0 Å². The van der Waals surface area contributed by atoms with Crippen LogP contribution in [0, 0.1) is 0 Å². The van der Waals surface area contributed by atoms with Crippen molar-refractivity contribution < 1.29 is 0 Å². The highest BCUT2D eigenvalue weighted by Gasteiger charge is 2.21. The van der Waals surface area contributed by atoms with Gasteiger partial charge >= 0.3 is 0 Å². The molecule has 3 aromatic heterocycles. The fourth-order valence-electron chi connectivity index (χ4n) is 2.82. The molecule has 4 heteroatoms. The maximum absolute atomic E-state index is 4.96. The molecule has 0 aliphatic heterocycles. The second kappa shape index (κ2) is 5.62. The highest BCUT2D eigenvalue weighted by Crippen LogP contribution is 2.38. The molecule has 0 aromatic carbocycles. The third-order valence-corrected chi connectivity index (χ3v) is 5.66. The van der Waals surface area contributed by atoms with Crippen LogP contribution in [0.4, 0.5) is 0 Å². The van der Waals surface area contributed by atoms with Crippen molar-refractivity contribution in [1.82, 2.24) is 9.97 Å². The Hall–Kier alpha value is -1.65. The van der Waals surface area contributed by atoms with Gasteiger partial charge in [0.05, 0.1) is 15.4 Å². The number of rotatable bonds is 3. The van der Waals surface area contributed by atoms with Crippen molar-refractivity contribution in [2.75, 3.05) is 0 Å². The summed E-state index contributed by atoms with van der Waals surface area (Å²) in [4.78, 5) is 11.1. The highest BCUT2D eigenvalue weighted by atomic mass is 32.1. The van der Waals surface area contributed by atoms with E-state index >= 15 is 0 Å². The van der Waals surface area contributed by atoms with Crippen molar-refractivity contribution >= 4 is 22.7 Å². The van der Waals surface area contributed by atoms with Gasteiger partial charge in [0.15, 0.2) is 0 Å². The van der Waals surface area contributed by atoms with Crippen LogP contribution in [0.5, 0.6) is 0 Å². The van der Waals surface area contributed by atoms with Gasteiger partial charge < -0.3 is 4.98 Å². The van der Waals surface area contributed by atoms with Gasteiger partial charge in [-0.25, -0.2) is 4.98 Å². The Morgan fingerprint density at radius 2 is 1.86 bits per heavy atom. The van der Waals surface area contributed by atoms with Gasteiger partial charge in [-0.2, -0.15) is 0 Å². The van der Waals surface area contributed by atoms with Gasteiger partial charge in [0, 0.05) is 5.92 Å². The maximum Gasteiger partial charge on any atom is 0.110 e. The van der Waals surface area contributed by atoms with E-state index in [0.29, 0.717) is 5.92 Å². The van der Waals surface area contributed by atoms with Crippen LogP contribution in [0.15, 0.2) is 47.2 Å². The summed E-state index contributed by atoms with van der Waals surface area (Å²) in [6.45, 7) is 0. The van der Waals surface area contributed by atoms with Crippen LogP contribution in [0.2, 0.25) is 0 Å². The molecule has 4 rings (SSSR count). The summed E-state index contributed by atoms with van der Waals surface area (Å²) in [5.41, 5.74) is 2.29. The zero-order valence-electron chi connectivity index (χ0n) is 11.6. The largest absolute Gasteiger partial charge is 0.341 e. The average molecular weight is 312 g/mol. The van der Waals surface area contributed by atoms with E-state index in [0.717, 1.165) is 24.4 Å². The normalized spacial score (nSPS) is 18.2. The van der Waals surface area contributed by atoms with Gasteiger partial charge in [-0.05, 0) is 42.2 Å². The lowest BCUT2D eigenvalue weighted by Crippen LogP contribution is -2.02. The summed E-state index contributed by atoms with van der Waals surface area (Å²) in [7, 11) is 0. The lowest BCUT2D eigenvalue weighted by atomic mass is 9.94. The molecule has 2 nitrogen and oxygen atoms in total. The molecule has 1 aliphatic rings. The lowest BCUT2D eigenvalue weighted by Gasteiger charge is -2.14. The molecular formula is C17H16N2S2. The van der Waals surface area contributed by atoms with Gasteiger partial charge in [-0.3, -0.25) is 0 Å². The molecule has 0 bridgehead atoms. The van der Waals surface area contributed by atoms with Gasteiger partial charge in [0.1, 0.15) is 11.5 Å². The van der Waals surface area contributed by atoms with E-state index < -0.39 is 0 Å². The number of H-pyrrole nitrogens is 1. The summed E-state index contributed by atoms with van der Waals surface area (Å²) in [6.07, 6.45) is 8.01. The van der Waals surface area contributed by atoms with E-state index in [1.807, 2.05) is 0 Å². The number of hydrogen-bond acceptors (Lipinski definition) is 3. The molecule has 0 unspecified atom stereocenters. The molecule has 3 aromatic rings. The molecule has 1 atom stereocenters. The molecule has 0 saturated heterocycles. The molecule has 3 heterocycles. The molecule has 106 valence electrons. The summed E-state index contributed by atoms with van der Waals surface area (Å²) >= 11 is 3.52. The molecule has 0 saturated carbocycles. The Kier molecular flexibility index (Phi) is 3.49. The van der Waals surface area contributed by atoms with Crippen molar-refractivity contribution in [3.63, 3.8) is 0 Å². The van der Waals surface area contributed by atoms with Crippen LogP contribution >= 0.6 is 22.7 Å². The Labute approximate surface area is 132 Å². The third kappa shape index (κ3) is 2.49. The standard InChI is InChI=1S/C17H16N2S2/c1-2-6-12(7-3-1)17-18-15(13-8-4-10-20-13)16(19-17)14-9-5-11-21-14/h1-2,4-5,8-12H,3,6-7H2,(H,18,19)/t12-/m1/s1. The number of hydrogen-bond donors (Lipinski definition) is 1. The number of nitrogens with zero attached hydrogens (tertiary/aromatic N) is 1. The molecular weight excluding hydrogens is 296 g/mol. The topological polar surface area (TPSA) is 28.7 Å². The van der Waals surface area contributed by atoms with Crippen molar-refractivity contribution in [3.8, 4) is 21.1 Å². The van der Waals surface area contributed by atoms with Gasteiger partial charge in [-0.1, -0.05) is 24.3 Å². The quantitative estimate of drug-likeness (QED) is 0.618. The maximum atomic E-state index is 4.96. The van der Waals surface area contributed by atoms with E-state index in [1.165, 1.54) is 21.9 Å². The number of allylic oxidation sites excluding steroid dienone is 2. The Bertz CT molecular complexity index is 684. The predicted octanol–water partition coefficient (Wildman–Crippen LogP) is 5.69. The summed E-state index contributed by atoms with van der Waals surface area (Å²) in [5.74, 6) is 1.67. The number of aromatic amines is 1. The Morgan fingerprint density at radius 3 is 2.52 bits per heavy atom. The van der Waals surface area contributed by atoms with Crippen LogP contribution in [0.1, 0.15) is 31.0 Å². The molecule has 0 fully saturated rings. The second-order valence-corrected chi connectivity index (χ2v) is 7.18. The summed E-state index contributed by atoms with van der Waals surface area (Å²) in [5, 5.41) is 4.24. The van der Waals surface area contributed by atoms with Crippen LogP contribution in [-0.4, -0.2) is 9.97 Å². The van der Waals surface area contributed by atoms with Crippen molar-refractivity contribution in [1.29, 1.82) is 0 Å². The van der Waals surface area contributed by atoms with Crippen LogP contribution in [-0.2, 0) is 0 Å². The highest BCUT2D eigenvalue weighted by molar-refractivity contribution is 7.14. The van der Waals surface area contributed by atoms with Crippen molar-refractivity contribution in [2.45, 2.75) is 25.2 Å². The van der Waals surface area contributed by atoms with E-state index in [-0.39, 0.29) is 0 Å². The van der Waals surface area contributed by atoms with Crippen LogP contribution in [0.3, 0.4) is 0 Å². The summed E-state index contributed by atoms with van der Waals surface area (Å²) < 4.78 is 0. The number of imidazole rings is 1. The number of thiophene rings is 2. The van der Waals surface area contributed by atoms with E-state index in [2.05, 4.69) is 52.2 Å². The molecule has 0 radical (unpaired) electrons. The van der Waals surface area contributed by atoms with E-state index in [4.69, 9.17) is 4.98 Å². The Balaban J connectivity index is 1.80. The smallest absolute Gasteiger partial charge is 0.110 e. The first kappa shape index (κ1) is 13.0. The SMILES string of the molecule is C1=CC[C@@H](c2nc(-c3cccs3)c(-c3cccs3)[nH]2)CC1. The minimum absolute atomic E-state index is 0.530. The second-order valence-electron chi connectivity index (χ2n) is 5.28. The summed E-state index contributed by atoms with van der Waals surface area (Å²) in [6, 6.07) is 8.51. The van der Waals surface area contributed by atoms with Gasteiger partial charge in [0.2, 0.25) is 0 Å². The van der Waals surface area contributed by atoms with Crippen LogP contribution in [0.25, 0.3) is 21.1 Å². The Morgan fingerprint density at radius 1 is 1.05 bits per heavy atom. The number of aromatic nitrogens is 2. The first-order valence-corrected chi connectivity index (χ1v) is 9.00. The van der Waals surface area contributed by atoms with E-state index in [9.17, 15) is 0 Å². The predicted molar refractivity (Wildman–Crippen MR) is 90.9 cm³/mol. The fraction of sp³-hybridized carbons (Fsp3) is 0.235. The first-order valence-electron chi connectivity index (χ1n) is 7.24. The van der Waals surface area contributed by atoms with Crippen molar-refractivity contribution in [3.05, 3.63) is 53.0 Å². The minimum Gasteiger partial charge on any atom is -0.341 e. The lowest BCUT2D eigenvalue weighted by molar-refractivity contribution is 0.589. The zero-order chi connectivity index (χ0) is 14.1. The van der Waals surface area contributed by atoms with E-state index in [1.54, 1.807) is 22.7 Å². The minimum atomic E-state index is 0.530. The third-order valence-electron chi connectivity index (χ3n) is 3.90. The molecule has 1 aliphatic carbocycles. The van der Waals surface area contributed by atoms with Crippen molar-refractivity contribution in [2.24, 2.45) is 0 Å². The average Bonchev–Trinajstić information content (AvgIpc) is 3.27. The fourth-order valence-corrected chi connectivity index (χ4v) is 4.26. The van der Waals surface area contributed by atoms with Gasteiger partial charge in [0.25, 0.3) is 0 Å². The monoisotopic (exact) mass is 312 g/mol. The molecule has 21 heavy (non-hydrogen) atoms. The van der Waals surface area contributed by atoms with Gasteiger partial charge in [-0.15, -0.1) is 22.7 Å².